The lowest BCUT2D eigenvalue weighted by molar-refractivity contribution is -0.301. The van der Waals surface area contributed by atoms with E-state index in [4.69, 9.17) is 0 Å². The summed E-state index contributed by atoms with van der Waals surface area (Å²) in [5, 5.41) is 18.5. The van der Waals surface area contributed by atoms with Crippen molar-refractivity contribution in [1.29, 1.82) is 0 Å². The SMILES string of the molecule is C=CCn1c(C)nnc1SCC(=O)[O-]. The normalized spacial score (nSPS) is 10.1. The monoisotopic (exact) mass is 212 g/mol. The lowest BCUT2D eigenvalue weighted by atomic mass is 10.6. The second kappa shape index (κ2) is 4.80. The van der Waals surface area contributed by atoms with Crippen molar-refractivity contribution in [2.75, 3.05) is 5.75 Å². The average Bonchev–Trinajstić information content (AvgIpc) is 2.46. The van der Waals surface area contributed by atoms with E-state index in [2.05, 4.69) is 16.8 Å². The second-order valence-corrected chi connectivity index (χ2v) is 3.53. The molecule has 0 radical (unpaired) electrons. The first-order valence-electron chi connectivity index (χ1n) is 3.98. The maximum absolute atomic E-state index is 10.2. The van der Waals surface area contributed by atoms with E-state index in [1.807, 2.05) is 0 Å². The first kappa shape index (κ1) is 10.8. The molecule has 0 aliphatic heterocycles. The van der Waals surface area contributed by atoms with E-state index in [1.54, 1.807) is 17.6 Å². The van der Waals surface area contributed by atoms with E-state index in [1.165, 1.54) is 0 Å². The largest absolute Gasteiger partial charge is 0.549 e. The van der Waals surface area contributed by atoms with Crippen molar-refractivity contribution >= 4 is 17.7 Å². The number of hydrogen-bond donors (Lipinski definition) is 0. The molecule has 5 nitrogen and oxygen atoms in total. The molecule has 0 atom stereocenters. The fourth-order valence-electron chi connectivity index (χ4n) is 0.931. The van der Waals surface area contributed by atoms with Crippen LogP contribution >= 0.6 is 11.8 Å². The molecule has 6 heteroatoms. The number of carbonyl (C=O) groups is 1. The van der Waals surface area contributed by atoms with Gasteiger partial charge in [0, 0.05) is 12.3 Å². The van der Waals surface area contributed by atoms with Crippen molar-refractivity contribution in [3.05, 3.63) is 18.5 Å². The minimum atomic E-state index is -1.11. The molecule has 1 heterocycles. The van der Waals surface area contributed by atoms with Crippen LogP contribution in [0.3, 0.4) is 0 Å². The molecule has 0 aromatic carbocycles. The number of carbonyl (C=O) groups excluding carboxylic acids is 1. The zero-order valence-electron chi connectivity index (χ0n) is 7.77. The van der Waals surface area contributed by atoms with Gasteiger partial charge < -0.3 is 14.5 Å². The van der Waals surface area contributed by atoms with Crippen LogP contribution in [-0.2, 0) is 11.3 Å². The summed E-state index contributed by atoms with van der Waals surface area (Å²) in [6.07, 6.45) is 1.71. The minimum absolute atomic E-state index is 0.116. The highest BCUT2D eigenvalue weighted by Gasteiger charge is 2.07. The molecule has 0 aliphatic carbocycles. The van der Waals surface area contributed by atoms with Crippen LogP contribution in [0.5, 0.6) is 0 Å². The number of aromatic nitrogens is 3. The number of hydrogen-bond acceptors (Lipinski definition) is 5. The Morgan fingerprint density at radius 2 is 2.43 bits per heavy atom. The highest BCUT2D eigenvalue weighted by Crippen LogP contribution is 2.15. The highest BCUT2D eigenvalue weighted by molar-refractivity contribution is 7.99. The van der Waals surface area contributed by atoms with Crippen molar-refractivity contribution in [3.8, 4) is 0 Å². The summed E-state index contributed by atoms with van der Waals surface area (Å²) in [6.45, 7) is 5.98. The quantitative estimate of drug-likeness (QED) is 0.491. The molecular weight excluding hydrogens is 202 g/mol. The second-order valence-electron chi connectivity index (χ2n) is 2.59. The third kappa shape index (κ3) is 2.59. The molecule has 0 aliphatic rings. The molecule has 0 amide bonds. The van der Waals surface area contributed by atoms with Crippen LogP contribution in [0.4, 0.5) is 0 Å². The molecule has 0 unspecified atom stereocenters. The van der Waals surface area contributed by atoms with Crippen LogP contribution in [-0.4, -0.2) is 26.5 Å². The number of aryl methyl sites for hydroxylation is 1. The van der Waals surface area contributed by atoms with Crippen molar-refractivity contribution in [2.24, 2.45) is 0 Å². The van der Waals surface area contributed by atoms with Gasteiger partial charge in [-0.15, -0.1) is 16.8 Å². The smallest absolute Gasteiger partial charge is 0.191 e. The third-order valence-electron chi connectivity index (χ3n) is 1.53. The Morgan fingerprint density at radius 3 is 3.00 bits per heavy atom. The maximum atomic E-state index is 10.2. The number of carboxylic acid groups (broad SMARTS) is 1. The van der Waals surface area contributed by atoms with Gasteiger partial charge in [0.25, 0.3) is 0 Å². The number of nitrogens with zero attached hydrogens (tertiary/aromatic N) is 3. The summed E-state index contributed by atoms with van der Waals surface area (Å²) in [6, 6.07) is 0. The van der Waals surface area contributed by atoms with Crippen molar-refractivity contribution in [3.63, 3.8) is 0 Å². The maximum Gasteiger partial charge on any atom is 0.191 e. The molecule has 0 fully saturated rings. The minimum Gasteiger partial charge on any atom is -0.549 e. The Kier molecular flexibility index (Phi) is 3.70. The average molecular weight is 212 g/mol. The van der Waals surface area contributed by atoms with Crippen LogP contribution in [0.25, 0.3) is 0 Å². The number of thioether (sulfide) groups is 1. The lowest BCUT2D eigenvalue weighted by Crippen LogP contribution is -2.24. The van der Waals surface area contributed by atoms with Crippen LogP contribution < -0.4 is 5.11 Å². The Hall–Kier alpha value is -1.30. The first-order valence-corrected chi connectivity index (χ1v) is 4.97. The van der Waals surface area contributed by atoms with Gasteiger partial charge >= 0.3 is 0 Å². The zero-order valence-corrected chi connectivity index (χ0v) is 8.58. The van der Waals surface area contributed by atoms with E-state index in [-0.39, 0.29) is 5.75 Å². The summed E-state index contributed by atoms with van der Waals surface area (Å²) < 4.78 is 1.79. The Balaban J connectivity index is 2.75. The van der Waals surface area contributed by atoms with Crippen molar-refractivity contribution in [2.45, 2.75) is 18.6 Å². The molecule has 76 valence electrons. The lowest BCUT2D eigenvalue weighted by Gasteiger charge is -2.04. The predicted octanol–water partition coefficient (Wildman–Crippen LogP) is -0.385. The molecule has 0 bridgehead atoms. The van der Waals surface area contributed by atoms with Crippen LogP contribution in [0, 0.1) is 6.92 Å². The fourth-order valence-corrected chi connectivity index (χ4v) is 1.64. The standard InChI is InChI=1S/C8H11N3O2S/c1-3-4-11-6(2)9-10-8(11)14-5-7(12)13/h3H,1,4-5H2,2H3,(H,12,13)/p-1. The number of allylic oxidation sites excluding steroid dienone is 1. The molecule has 0 N–H and O–H groups in total. The number of carboxylic acids is 1. The topological polar surface area (TPSA) is 70.8 Å². The zero-order chi connectivity index (χ0) is 10.6. The van der Waals surface area contributed by atoms with Gasteiger partial charge in [0.1, 0.15) is 5.82 Å². The molecule has 14 heavy (non-hydrogen) atoms. The van der Waals surface area contributed by atoms with E-state index in [9.17, 15) is 9.90 Å². The van der Waals surface area contributed by atoms with Crippen molar-refractivity contribution in [1.82, 2.24) is 14.8 Å². The van der Waals surface area contributed by atoms with Crippen LogP contribution in [0.15, 0.2) is 17.8 Å². The van der Waals surface area contributed by atoms with Gasteiger partial charge in [-0.05, 0) is 6.92 Å². The molecule has 1 rings (SSSR count). The summed E-state index contributed by atoms with van der Waals surface area (Å²) in [7, 11) is 0. The van der Waals surface area contributed by atoms with E-state index >= 15 is 0 Å². The third-order valence-corrected chi connectivity index (χ3v) is 2.47. The van der Waals surface area contributed by atoms with E-state index in [0.29, 0.717) is 11.7 Å². The summed E-state index contributed by atoms with van der Waals surface area (Å²) >= 11 is 1.10. The summed E-state index contributed by atoms with van der Waals surface area (Å²) in [5.41, 5.74) is 0. The van der Waals surface area contributed by atoms with Gasteiger partial charge in [0.05, 0.1) is 5.97 Å². The van der Waals surface area contributed by atoms with Crippen molar-refractivity contribution < 1.29 is 9.90 Å². The Labute approximate surface area is 85.8 Å². The van der Waals surface area contributed by atoms with Gasteiger partial charge in [-0.1, -0.05) is 17.8 Å². The Bertz CT molecular complexity index is 348. The molecular formula is C8H10N3O2S-. The van der Waals surface area contributed by atoms with Gasteiger partial charge in [-0.3, -0.25) is 0 Å². The van der Waals surface area contributed by atoms with Crippen LogP contribution in [0.1, 0.15) is 5.82 Å². The molecule has 1 aromatic heterocycles. The predicted molar refractivity (Wildman–Crippen MR) is 50.7 cm³/mol. The van der Waals surface area contributed by atoms with Gasteiger partial charge in [0.15, 0.2) is 5.16 Å². The molecule has 0 saturated carbocycles. The van der Waals surface area contributed by atoms with Gasteiger partial charge in [-0.2, -0.15) is 0 Å². The molecule has 1 aromatic rings. The highest BCUT2D eigenvalue weighted by atomic mass is 32.2. The summed E-state index contributed by atoms with van der Waals surface area (Å²) in [5.74, 6) is -0.485. The van der Waals surface area contributed by atoms with Crippen LogP contribution in [0.2, 0.25) is 0 Å². The molecule has 0 spiro atoms. The number of rotatable bonds is 5. The first-order chi connectivity index (χ1) is 6.65. The Morgan fingerprint density at radius 1 is 1.71 bits per heavy atom. The molecule has 0 saturated heterocycles. The van der Waals surface area contributed by atoms with Gasteiger partial charge in [0.2, 0.25) is 0 Å². The van der Waals surface area contributed by atoms with E-state index in [0.717, 1.165) is 17.6 Å². The summed E-state index contributed by atoms with van der Waals surface area (Å²) in [4.78, 5) is 10.2. The number of aliphatic carboxylic acids is 1. The van der Waals surface area contributed by atoms with E-state index < -0.39 is 5.97 Å². The van der Waals surface area contributed by atoms with Gasteiger partial charge in [-0.25, -0.2) is 0 Å². The fraction of sp³-hybridized carbons (Fsp3) is 0.375.